The molecule has 1 aromatic rings. The Kier molecular flexibility index (Phi) is 3.27. The summed E-state index contributed by atoms with van der Waals surface area (Å²) < 4.78 is 0. The zero-order valence-electron chi connectivity index (χ0n) is 10.8. The summed E-state index contributed by atoms with van der Waals surface area (Å²) in [4.78, 5) is 12.2. The lowest BCUT2D eigenvalue weighted by atomic mass is 9.97. The Hall–Kier alpha value is -1.06. The van der Waals surface area contributed by atoms with Crippen LogP contribution in [-0.2, 0) is 4.79 Å². The van der Waals surface area contributed by atoms with Gasteiger partial charge in [0.15, 0.2) is 0 Å². The molecular weight excluding hydrogens is 262 g/mol. The molecule has 2 aliphatic carbocycles. The second-order valence-corrected chi connectivity index (χ2v) is 6.25. The average Bonchev–Trinajstić information content (AvgIpc) is 2.88. The number of benzene rings is 1. The number of hydrogen-bond donors (Lipinski definition) is 2. The van der Waals surface area contributed by atoms with E-state index in [9.17, 15) is 9.90 Å². The summed E-state index contributed by atoms with van der Waals surface area (Å²) in [6.45, 7) is 1.99. The van der Waals surface area contributed by atoms with Crippen molar-refractivity contribution in [2.24, 2.45) is 23.7 Å². The number of aliphatic hydroxyl groups excluding tert-OH is 1. The molecule has 1 amide bonds. The molecule has 0 saturated heterocycles. The highest BCUT2D eigenvalue weighted by atomic mass is 35.5. The highest BCUT2D eigenvalue weighted by Crippen LogP contribution is 2.60. The SMILES string of the molecule is CC(C(=O)Nc1ccc(Cl)cc1)C1C2CC(O)CC21. The molecule has 2 N–H and O–H groups in total. The molecule has 0 bridgehead atoms. The van der Waals surface area contributed by atoms with Crippen LogP contribution in [0, 0.1) is 23.7 Å². The summed E-state index contributed by atoms with van der Waals surface area (Å²) in [6, 6.07) is 7.16. The molecule has 3 atom stereocenters. The van der Waals surface area contributed by atoms with Gasteiger partial charge in [-0.1, -0.05) is 18.5 Å². The second-order valence-electron chi connectivity index (χ2n) is 5.82. The van der Waals surface area contributed by atoms with Crippen LogP contribution in [0.2, 0.25) is 5.02 Å². The zero-order valence-corrected chi connectivity index (χ0v) is 11.6. The standard InChI is InChI=1S/C15H18ClNO2/c1-8(14-12-6-11(18)7-13(12)14)15(19)17-10-4-2-9(16)3-5-10/h2-5,8,11-14,18H,6-7H2,1H3,(H,17,19). The number of halogens is 1. The smallest absolute Gasteiger partial charge is 0.227 e. The van der Waals surface area contributed by atoms with Gasteiger partial charge in [0.25, 0.3) is 0 Å². The molecule has 3 nitrogen and oxygen atoms in total. The molecule has 2 saturated carbocycles. The van der Waals surface area contributed by atoms with Gasteiger partial charge in [0.2, 0.25) is 5.91 Å². The number of fused-ring (bicyclic) bond motifs is 1. The molecule has 2 aliphatic rings. The number of hydrogen-bond acceptors (Lipinski definition) is 2. The van der Waals surface area contributed by atoms with E-state index >= 15 is 0 Å². The summed E-state index contributed by atoms with van der Waals surface area (Å²) in [5.41, 5.74) is 0.784. The van der Waals surface area contributed by atoms with Crippen LogP contribution in [0.1, 0.15) is 19.8 Å². The molecule has 2 fully saturated rings. The van der Waals surface area contributed by atoms with Gasteiger partial charge in [-0.05, 0) is 54.9 Å². The number of carbonyl (C=O) groups excluding carboxylic acids is 1. The van der Waals surface area contributed by atoms with Crippen molar-refractivity contribution in [3.63, 3.8) is 0 Å². The van der Waals surface area contributed by atoms with Crippen LogP contribution in [-0.4, -0.2) is 17.1 Å². The summed E-state index contributed by atoms with van der Waals surface area (Å²) in [5.74, 6) is 1.65. The molecule has 102 valence electrons. The maximum Gasteiger partial charge on any atom is 0.227 e. The maximum atomic E-state index is 12.2. The molecule has 0 heterocycles. The van der Waals surface area contributed by atoms with Crippen LogP contribution in [0.15, 0.2) is 24.3 Å². The molecule has 19 heavy (non-hydrogen) atoms. The van der Waals surface area contributed by atoms with Gasteiger partial charge in [-0.15, -0.1) is 0 Å². The predicted molar refractivity (Wildman–Crippen MR) is 75.0 cm³/mol. The molecule has 0 aliphatic heterocycles. The van der Waals surface area contributed by atoms with Crippen molar-refractivity contribution >= 4 is 23.2 Å². The van der Waals surface area contributed by atoms with Crippen molar-refractivity contribution in [2.45, 2.75) is 25.9 Å². The average molecular weight is 280 g/mol. The highest BCUT2D eigenvalue weighted by molar-refractivity contribution is 6.30. The fraction of sp³-hybridized carbons (Fsp3) is 0.533. The van der Waals surface area contributed by atoms with Crippen LogP contribution < -0.4 is 5.32 Å². The maximum absolute atomic E-state index is 12.2. The van der Waals surface area contributed by atoms with Crippen molar-refractivity contribution in [1.82, 2.24) is 0 Å². The van der Waals surface area contributed by atoms with Gasteiger partial charge in [0, 0.05) is 16.6 Å². The molecule has 4 heteroatoms. The zero-order chi connectivity index (χ0) is 13.6. The molecule has 0 spiro atoms. The van der Waals surface area contributed by atoms with Crippen molar-refractivity contribution in [1.29, 1.82) is 0 Å². The molecule has 0 aromatic heterocycles. The van der Waals surface area contributed by atoms with Crippen LogP contribution in [0.25, 0.3) is 0 Å². The number of amides is 1. The fourth-order valence-electron chi connectivity index (χ4n) is 3.57. The monoisotopic (exact) mass is 279 g/mol. The van der Waals surface area contributed by atoms with Crippen LogP contribution in [0.4, 0.5) is 5.69 Å². The van der Waals surface area contributed by atoms with Gasteiger partial charge < -0.3 is 10.4 Å². The van der Waals surface area contributed by atoms with E-state index in [0.717, 1.165) is 18.5 Å². The highest BCUT2D eigenvalue weighted by Gasteiger charge is 2.58. The normalized spacial score (nSPS) is 33.6. The first-order chi connectivity index (χ1) is 9.06. The lowest BCUT2D eigenvalue weighted by Gasteiger charge is -2.15. The van der Waals surface area contributed by atoms with Crippen molar-refractivity contribution in [3.05, 3.63) is 29.3 Å². The Bertz CT molecular complexity index is 475. The van der Waals surface area contributed by atoms with Crippen molar-refractivity contribution < 1.29 is 9.90 Å². The first-order valence-corrected chi connectivity index (χ1v) is 7.18. The van der Waals surface area contributed by atoms with E-state index in [2.05, 4.69) is 5.32 Å². The van der Waals surface area contributed by atoms with Gasteiger partial charge >= 0.3 is 0 Å². The second kappa shape index (κ2) is 4.80. The van der Waals surface area contributed by atoms with E-state index in [0.29, 0.717) is 22.8 Å². The molecule has 1 aromatic carbocycles. The van der Waals surface area contributed by atoms with Gasteiger partial charge in [-0.2, -0.15) is 0 Å². The third-order valence-corrected chi connectivity index (χ3v) is 4.84. The summed E-state index contributed by atoms with van der Waals surface area (Å²) in [6.07, 6.45) is 1.60. The van der Waals surface area contributed by atoms with Gasteiger partial charge in [0.05, 0.1) is 6.10 Å². The largest absolute Gasteiger partial charge is 0.393 e. The fourth-order valence-corrected chi connectivity index (χ4v) is 3.69. The Balaban J connectivity index is 1.58. The summed E-state index contributed by atoms with van der Waals surface area (Å²) in [7, 11) is 0. The van der Waals surface area contributed by atoms with Gasteiger partial charge in [-0.25, -0.2) is 0 Å². The van der Waals surface area contributed by atoms with Crippen molar-refractivity contribution in [3.8, 4) is 0 Å². The molecule has 0 radical (unpaired) electrons. The van der Waals surface area contributed by atoms with Crippen LogP contribution in [0.5, 0.6) is 0 Å². The quantitative estimate of drug-likeness (QED) is 0.894. The minimum Gasteiger partial charge on any atom is -0.393 e. The topological polar surface area (TPSA) is 49.3 Å². The Morgan fingerprint density at radius 1 is 1.32 bits per heavy atom. The molecule has 3 unspecified atom stereocenters. The lowest BCUT2D eigenvalue weighted by Crippen LogP contribution is -2.24. The molecular formula is C15H18ClNO2. The minimum absolute atomic E-state index is 0.0122. The predicted octanol–water partition coefficient (Wildman–Crippen LogP) is 2.93. The summed E-state index contributed by atoms with van der Waals surface area (Å²) in [5, 5.41) is 13.1. The number of nitrogens with one attached hydrogen (secondary N) is 1. The number of carbonyl (C=O) groups is 1. The van der Waals surface area contributed by atoms with E-state index in [1.165, 1.54) is 0 Å². The van der Waals surface area contributed by atoms with Gasteiger partial charge in [0.1, 0.15) is 0 Å². The Morgan fingerprint density at radius 3 is 2.47 bits per heavy atom. The van der Waals surface area contributed by atoms with Crippen molar-refractivity contribution in [2.75, 3.05) is 5.32 Å². The third kappa shape index (κ3) is 2.49. The van der Waals surface area contributed by atoms with E-state index in [4.69, 9.17) is 11.6 Å². The first-order valence-electron chi connectivity index (χ1n) is 6.81. The third-order valence-electron chi connectivity index (χ3n) is 4.59. The van der Waals surface area contributed by atoms with Crippen LogP contribution >= 0.6 is 11.6 Å². The Morgan fingerprint density at radius 2 is 1.89 bits per heavy atom. The van der Waals surface area contributed by atoms with E-state index in [1.807, 2.05) is 19.1 Å². The summed E-state index contributed by atoms with van der Waals surface area (Å²) >= 11 is 5.81. The minimum atomic E-state index is -0.141. The first kappa shape index (κ1) is 12.9. The van der Waals surface area contributed by atoms with E-state index in [-0.39, 0.29) is 17.9 Å². The van der Waals surface area contributed by atoms with Crippen LogP contribution in [0.3, 0.4) is 0 Å². The number of aliphatic hydroxyl groups is 1. The lowest BCUT2D eigenvalue weighted by molar-refractivity contribution is -0.120. The van der Waals surface area contributed by atoms with Gasteiger partial charge in [-0.3, -0.25) is 4.79 Å². The number of anilines is 1. The Labute approximate surface area is 118 Å². The number of rotatable bonds is 3. The van der Waals surface area contributed by atoms with E-state index in [1.54, 1.807) is 12.1 Å². The molecule has 3 rings (SSSR count). The van der Waals surface area contributed by atoms with E-state index < -0.39 is 0 Å².